The molecule has 0 saturated heterocycles. The predicted molar refractivity (Wildman–Crippen MR) is 345 cm³/mol. The first kappa shape index (κ1) is 89.9. The van der Waals surface area contributed by atoms with E-state index >= 15 is 4.39 Å². The molecule has 0 spiro atoms. The van der Waals surface area contributed by atoms with Crippen LogP contribution in [0.3, 0.4) is 0 Å². The van der Waals surface area contributed by atoms with Crippen LogP contribution in [0.1, 0.15) is 102 Å². The van der Waals surface area contributed by atoms with Crippen molar-refractivity contribution < 1.29 is 181 Å². The van der Waals surface area contributed by atoms with Gasteiger partial charge in [0.15, 0.2) is 57.6 Å². The number of rotatable bonds is 21. The van der Waals surface area contributed by atoms with E-state index in [1.165, 1.54) is 24.3 Å². The number of nitrogens with zero attached hydrogens (tertiary/aromatic N) is 1. The van der Waals surface area contributed by atoms with E-state index in [1.54, 1.807) is 6.92 Å². The maximum atomic E-state index is 15.9. The summed E-state index contributed by atoms with van der Waals surface area (Å²) in [5.74, 6) is -12.1. The lowest BCUT2D eigenvalue weighted by atomic mass is 9.93. The number of benzene rings is 7. The van der Waals surface area contributed by atoms with E-state index in [1.807, 2.05) is 17.6 Å². The van der Waals surface area contributed by atoms with E-state index in [2.05, 4.69) is 75.1 Å². The van der Waals surface area contributed by atoms with Gasteiger partial charge in [-0.1, -0.05) is 38.8 Å². The van der Waals surface area contributed by atoms with Crippen molar-refractivity contribution in [2.45, 2.75) is 108 Å². The van der Waals surface area contributed by atoms with E-state index in [4.69, 9.17) is 16.7 Å². The summed E-state index contributed by atoms with van der Waals surface area (Å²) in [5, 5.41) is 14.3. The Balaban J connectivity index is 0.000000237. The molecular formula is C66H43Br2ClF26N4O14. The van der Waals surface area contributed by atoms with Gasteiger partial charge in [0, 0.05) is 44.3 Å². The number of nitrogens with one attached hydrogen (secondary N) is 3. The van der Waals surface area contributed by atoms with Gasteiger partial charge in [-0.15, -0.1) is 26.3 Å². The molecule has 7 aromatic carbocycles. The molecule has 3 heterocycles. The summed E-state index contributed by atoms with van der Waals surface area (Å²) in [6, 6.07) is 15.6. The summed E-state index contributed by atoms with van der Waals surface area (Å²) < 4.78 is 379. The van der Waals surface area contributed by atoms with Crippen LogP contribution < -0.4 is 58.7 Å². The number of amides is 3. The standard InChI is InChI=1S/C29H19BrF12N2O5.C21H17BrF10N2O2.C8H3ClF2O3.C8H4F2O4/c1-2-3-9-44(24(46)13-7-8-18-19(10-13)49-29(41,42)48-18)17-6-4-5-15(21(17)31)23(45)43-22-16(30)11-14(12-20(22)47-25(32)33)26(34,27(35,36)37)28(38,39)40;1-2-3-7-33-13-6-4-5-11(15(13)23)17(35)34-16-12(22)8-10(9-14(16)36-18(24)25)19(26,20(27,28)29)21(30,31)32;9-7(12)4-1-2-5-6(3-4)14-8(10,11)13-5;9-8(10)13-5-2-1-4(7(11)12)3-6(5)14-8/h4-8,10-12,25H,2-3,9H2,1H3,(H,43,45);4-6,8-9,18,33H,2-3,7H2,1H3,(H,34,35);1-3H;1-3H,(H,11,12). The fourth-order valence-corrected chi connectivity index (χ4v) is 10.9. The van der Waals surface area contributed by atoms with Crippen molar-refractivity contribution in [3.05, 3.63) is 175 Å². The molecule has 47 heteroatoms. The number of ether oxygens (including phenoxy) is 8. The minimum atomic E-state index is -6.63. The van der Waals surface area contributed by atoms with Crippen molar-refractivity contribution in [3.63, 3.8) is 0 Å². The van der Waals surface area contributed by atoms with Crippen molar-refractivity contribution >= 4 is 95.1 Å². The minimum Gasteiger partial charge on any atom is -0.478 e. The number of unbranched alkanes of at least 4 members (excludes halogenated alkanes) is 2. The van der Waals surface area contributed by atoms with Gasteiger partial charge in [0.25, 0.3) is 23.0 Å². The molecule has 614 valence electrons. The molecule has 0 radical (unpaired) electrons. The molecule has 113 heavy (non-hydrogen) atoms. The monoisotopic (exact) mass is 1800 g/mol. The van der Waals surface area contributed by atoms with E-state index in [-0.39, 0.29) is 82.6 Å². The SMILES string of the molecule is CCCCN(C(=O)c1ccc2c(c1)OC(F)(F)O2)c1cccc(C(=O)Nc2c(Br)cc(C(F)(C(F)(F)F)C(F)(F)F)cc2OC(F)F)c1F.CCCCNc1cccc(C(=O)Nc2c(Br)cc(C(F)(C(F)(F)F)C(F)(F)F)cc2OC(F)F)c1F.O=C(Cl)c1ccc2c(c1)OC(F)(F)O2.O=C(O)c1ccc2c(c1)OC(F)(F)O2. The van der Waals surface area contributed by atoms with Gasteiger partial charge in [-0.2, -0.15) is 70.2 Å². The van der Waals surface area contributed by atoms with Gasteiger partial charge in [0.05, 0.1) is 39.4 Å². The highest BCUT2D eigenvalue weighted by Crippen LogP contribution is 2.57. The zero-order valence-corrected chi connectivity index (χ0v) is 59.5. The summed E-state index contributed by atoms with van der Waals surface area (Å²) in [7, 11) is 0. The molecule has 18 nitrogen and oxygen atoms in total. The lowest BCUT2D eigenvalue weighted by molar-refractivity contribution is -0.349. The number of carbonyl (C=O) groups is 5. The Morgan fingerprint density at radius 2 is 0.858 bits per heavy atom. The second-order valence-electron chi connectivity index (χ2n) is 22.6. The normalized spacial score (nSPS) is 14.3. The lowest BCUT2D eigenvalue weighted by Crippen LogP contribution is -2.50. The second-order valence-corrected chi connectivity index (χ2v) is 24.6. The van der Waals surface area contributed by atoms with Gasteiger partial charge >= 0.3 is 74.1 Å². The third-order valence-corrected chi connectivity index (χ3v) is 16.4. The van der Waals surface area contributed by atoms with E-state index < -0.39 is 180 Å². The summed E-state index contributed by atoms with van der Waals surface area (Å²) >= 11 is 10.2. The molecule has 7 aromatic rings. The molecule has 0 aromatic heterocycles. The maximum Gasteiger partial charge on any atom is 0.586 e. The Hall–Kier alpha value is -10.3. The molecule has 0 bridgehead atoms. The molecule has 0 aliphatic carbocycles. The zero-order chi connectivity index (χ0) is 84.9. The molecule has 0 fully saturated rings. The number of carboxylic acids is 1. The summed E-state index contributed by atoms with van der Waals surface area (Å²) in [5.41, 5.74) is -20.9. The third kappa shape index (κ3) is 21.0. The quantitative estimate of drug-likeness (QED) is 0.0299. The molecule has 3 aliphatic heterocycles. The number of halogens is 29. The van der Waals surface area contributed by atoms with Crippen LogP contribution in [0, 0.1) is 11.6 Å². The number of carboxylic acid groups (broad SMARTS) is 1. The minimum absolute atomic E-state index is 0.00595. The van der Waals surface area contributed by atoms with Crippen LogP contribution in [-0.4, -0.2) is 104 Å². The number of alkyl halides is 24. The Morgan fingerprint density at radius 1 is 0.496 bits per heavy atom. The molecule has 10 rings (SSSR count). The average molecular weight is 1810 g/mol. The van der Waals surface area contributed by atoms with Crippen molar-refractivity contribution in [1.29, 1.82) is 0 Å². The number of fused-ring (bicyclic) bond motifs is 3. The van der Waals surface area contributed by atoms with Crippen molar-refractivity contribution in [3.8, 4) is 46.0 Å². The van der Waals surface area contributed by atoms with Gasteiger partial charge < -0.3 is 63.9 Å². The lowest BCUT2D eigenvalue weighted by Gasteiger charge is -2.31. The van der Waals surface area contributed by atoms with E-state index in [0.717, 1.165) is 78.1 Å². The summed E-state index contributed by atoms with van der Waals surface area (Å²) in [6.07, 6.45) is -35.6. The molecule has 0 saturated carbocycles. The average Bonchev–Trinajstić information content (AvgIpc) is 1.69. The summed E-state index contributed by atoms with van der Waals surface area (Å²) in [4.78, 5) is 61.3. The highest BCUT2D eigenvalue weighted by Gasteiger charge is 2.75. The molecular weight excluding hydrogens is 1760 g/mol. The Morgan fingerprint density at radius 3 is 1.24 bits per heavy atom. The van der Waals surface area contributed by atoms with Gasteiger partial charge in [0.1, 0.15) is 0 Å². The van der Waals surface area contributed by atoms with Gasteiger partial charge in [-0.3, -0.25) is 19.2 Å². The first-order valence-electron chi connectivity index (χ1n) is 30.7. The Labute approximate surface area is 636 Å². The smallest absolute Gasteiger partial charge is 0.478 e. The van der Waals surface area contributed by atoms with Crippen LogP contribution in [0.2, 0.25) is 0 Å². The summed E-state index contributed by atoms with van der Waals surface area (Å²) in [6.45, 7) is -3.96. The van der Waals surface area contributed by atoms with Crippen LogP contribution in [0.25, 0.3) is 0 Å². The predicted octanol–water partition coefficient (Wildman–Crippen LogP) is 21.5. The highest BCUT2D eigenvalue weighted by atomic mass is 79.9. The fourth-order valence-electron chi connectivity index (χ4n) is 9.71. The van der Waals surface area contributed by atoms with E-state index in [9.17, 15) is 134 Å². The topological polar surface area (TPSA) is 219 Å². The van der Waals surface area contributed by atoms with Crippen molar-refractivity contribution in [1.82, 2.24) is 0 Å². The number of anilines is 4. The third-order valence-electron chi connectivity index (χ3n) is 14.9. The van der Waals surface area contributed by atoms with Crippen molar-refractivity contribution in [2.75, 3.05) is 33.9 Å². The van der Waals surface area contributed by atoms with Crippen LogP contribution in [-0.2, 0) is 11.3 Å². The van der Waals surface area contributed by atoms with Gasteiger partial charge in [-0.05, 0) is 159 Å². The molecule has 3 aliphatic rings. The van der Waals surface area contributed by atoms with Crippen LogP contribution >= 0.6 is 43.5 Å². The van der Waals surface area contributed by atoms with Crippen LogP contribution in [0.4, 0.5) is 137 Å². The number of hydrogen-bond acceptors (Lipinski definition) is 14. The maximum absolute atomic E-state index is 15.9. The number of aromatic carboxylic acids is 1. The second kappa shape index (κ2) is 34.6. The van der Waals surface area contributed by atoms with E-state index in [0.29, 0.717) is 19.4 Å². The molecule has 4 N–H and O–H groups in total. The van der Waals surface area contributed by atoms with Crippen LogP contribution in [0.15, 0.2) is 124 Å². The number of carbonyl (C=O) groups excluding carboxylic acids is 4. The fraction of sp³-hybridized carbons (Fsp3) is 0.288. The Kier molecular flexibility index (Phi) is 27.5. The largest absolute Gasteiger partial charge is 0.586 e. The first-order chi connectivity index (χ1) is 52.1. The molecule has 3 amide bonds. The van der Waals surface area contributed by atoms with Crippen LogP contribution in [0.5, 0.6) is 46.0 Å². The van der Waals surface area contributed by atoms with Crippen molar-refractivity contribution in [2.24, 2.45) is 0 Å². The Bertz CT molecular complexity index is 4600. The number of hydrogen-bond donors (Lipinski definition) is 4. The molecule has 0 atom stereocenters. The van der Waals surface area contributed by atoms with Gasteiger partial charge in [-0.25, -0.2) is 22.4 Å². The zero-order valence-electron chi connectivity index (χ0n) is 55.5. The first-order valence-corrected chi connectivity index (χ1v) is 32.7. The van der Waals surface area contributed by atoms with Gasteiger partial charge in [0.2, 0.25) is 0 Å². The highest BCUT2D eigenvalue weighted by molar-refractivity contribution is 9.11. The molecule has 0 unspecified atom stereocenters.